The van der Waals surface area contributed by atoms with Crippen molar-refractivity contribution < 1.29 is 4.79 Å². The van der Waals surface area contributed by atoms with Crippen molar-refractivity contribution in [2.75, 3.05) is 13.1 Å². The molecule has 22 heavy (non-hydrogen) atoms. The van der Waals surface area contributed by atoms with E-state index in [4.69, 9.17) is 0 Å². The molecule has 1 amide bonds. The van der Waals surface area contributed by atoms with Crippen molar-refractivity contribution in [3.63, 3.8) is 0 Å². The summed E-state index contributed by atoms with van der Waals surface area (Å²) in [4.78, 5) is 19.4. The van der Waals surface area contributed by atoms with Crippen LogP contribution in [-0.2, 0) is 4.79 Å². The van der Waals surface area contributed by atoms with Crippen molar-refractivity contribution in [1.82, 2.24) is 4.90 Å². The molecule has 4 heteroatoms. The normalized spacial score (nSPS) is 18.8. The molecule has 0 radical (unpaired) electrons. The maximum Gasteiger partial charge on any atom is 0.266 e. The molecule has 0 saturated carbocycles. The molecular formula is C18H18N2OS. The van der Waals surface area contributed by atoms with E-state index in [0.717, 1.165) is 21.0 Å². The first kappa shape index (κ1) is 14.9. The quantitative estimate of drug-likeness (QED) is 0.798. The van der Waals surface area contributed by atoms with Gasteiger partial charge in [0.15, 0.2) is 5.17 Å². The topological polar surface area (TPSA) is 32.7 Å². The Morgan fingerprint density at radius 2 is 1.91 bits per heavy atom. The fourth-order valence-electron chi connectivity index (χ4n) is 2.56. The lowest BCUT2D eigenvalue weighted by Crippen LogP contribution is -2.28. The molecule has 112 valence electrons. The third kappa shape index (κ3) is 2.66. The Bertz CT molecular complexity index is 774. The Kier molecular flexibility index (Phi) is 4.29. The van der Waals surface area contributed by atoms with Crippen LogP contribution in [0.5, 0.6) is 0 Å². The SMILES string of the molecule is CCN=C1SC(=Cc2cccc3ccccc23)C(=O)N1CC. The monoisotopic (exact) mass is 310 g/mol. The van der Waals surface area contributed by atoms with Gasteiger partial charge in [-0.05, 0) is 48.0 Å². The number of carbonyl (C=O) groups is 1. The summed E-state index contributed by atoms with van der Waals surface area (Å²) < 4.78 is 0. The first-order valence-corrected chi connectivity index (χ1v) is 8.30. The van der Waals surface area contributed by atoms with E-state index < -0.39 is 0 Å². The molecule has 0 atom stereocenters. The van der Waals surface area contributed by atoms with Crippen molar-refractivity contribution in [2.24, 2.45) is 4.99 Å². The second-order valence-corrected chi connectivity index (χ2v) is 5.99. The molecular weight excluding hydrogens is 292 g/mol. The van der Waals surface area contributed by atoms with E-state index in [2.05, 4.69) is 29.3 Å². The van der Waals surface area contributed by atoms with Crippen LogP contribution >= 0.6 is 11.8 Å². The van der Waals surface area contributed by atoms with Crippen LogP contribution in [0.15, 0.2) is 52.4 Å². The predicted octanol–water partition coefficient (Wildman–Crippen LogP) is 4.15. The number of aliphatic imine (C=N–C) groups is 1. The lowest BCUT2D eigenvalue weighted by Gasteiger charge is -2.11. The van der Waals surface area contributed by atoms with Gasteiger partial charge < -0.3 is 0 Å². The Morgan fingerprint density at radius 3 is 2.68 bits per heavy atom. The molecule has 3 nitrogen and oxygen atoms in total. The first-order valence-electron chi connectivity index (χ1n) is 7.48. The Morgan fingerprint density at radius 1 is 1.14 bits per heavy atom. The zero-order chi connectivity index (χ0) is 15.5. The number of nitrogens with zero attached hydrogens (tertiary/aromatic N) is 2. The molecule has 2 aromatic rings. The number of thioether (sulfide) groups is 1. The van der Waals surface area contributed by atoms with Gasteiger partial charge in [0.1, 0.15) is 0 Å². The number of fused-ring (bicyclic) bond motifs is 1. The highest BCUT2D eigenvalue weighted by molar-refractivity contribution is 8.18. The number of hydrogen-bond donors (Lipinski definition) is 0. The molecule has 1 heterocycles. The van der Waals surface area contributed by atoms with Gasteiger partial charge in [0, 0.05) is 13.1 Å². The zero-order valence-electron chi connectivity index (χ0n) is 12.7. The van der Waals surface area contributed by atoms with Crippen LogP contribution in [0.4, 0.5) is 0 Å². The van der Waals surface area contributed by atoms with E-state index in [1.165, 1.54) is 17.1 Å². The average Bonchev–Trinajstić information content (AvgIpc) is 2.83. The van der Waals surface area contributed by atoms with Crippen LogP contribution in [0.2, 0.25) is 0 Å². The van der Waals surface area contributed by atoms with Gasteiger partial charge in [-0.1, -0.05) is 42.5 Å². The van der Waals surface area contributed by atoms with E-state index in [0.29, 0.717) is 13.1 Å². The van der Waals surface area contributed by atoms with Crippen LogP contribution in [0.25, 0.3) is 16.8 Å². The zero-order valence-corrected chi connectivity index (χ0v) is 13.6. The Hall–Kier alpha value is -2.07. The smallest absolute Gasteiger partial charge is 0.266 e. The molecule has 1 fully saturated rings. The van der Waals surface area contributed by atoms with E-state index in [1.54, 1.807) is 4.90 Å². The number of amidine groups is 1. The first-order chi connectivity index (χ1) is 10.7. The van der Waals surface area contributed by atoms with Crippen molar-refractivity contribution >= 4 is 39.7 Å². The molecule has 0 N–H and O–H groups in total. The van der Waals surface area contributed by atoms with Gasteiger partial charge in [-0.3, -0.25) is 14.7 Å². The molecule has 0 unspecified atom stereocenters. The summed E-state index contributed by atoms with van der Waals surface area (Å²) in [5, 5.41) is 3.15. The van der Waals surface area contributed by atoms with Crippen LogP contribution < -0.4 is 0 Å². The maximum atomic E-state index is 12.5. The van der Waals surface area contributed by atoms with Crippen molar-refractivity contribution in [1.29, 1.82) is 0 Å². The largest absolute Gasteiger partial charge is 0.287 e. The highest BCUT2D eigenvalue weighted by Crippen LogP contribution is 2.33. The van der Waals surface area contributed by atoms with Gasteiger partial charge in [0.25, 0.3) is 5.91 Å². The van der Waals surface area contributed by atoms with Crippen LogP contribution in [0, 0.1) is 0 Å². The van der Waals surface area contributed by atoms with Crippen LogP contribution in [-0.4, -0.2) is 29.1 Å². The molecule has 2 aromatic carbocycles. The summed E-state index contributed by atoms with van der Waals surface area (Å²) in [6, 6.07) is 14.4. The molecule has 1 aliphatic heterocycles. The molecule has 0 aromatic heterocycles. The summed E-state index contributed by atoms with van der Waals surface area (Å²) in [7, 11) is 0. The minimum absolute atomic E-state index is 0.0487. The van der Waals surface area contributed by atoms with Gasteiger partial charge in [-0.25, -0.2) is 0 Å². The fraction of sp³-hybridized carbons (Fsp3) is 0.222. The Labute approximate surface area is 134 Å². The number of carbonyl (C=O) groups excluding carboxylic acids is 1. The molecule has 1 aliphatic rings. The van der Waals surface area contributed by atoms with Crippen molar-refractivity contribution in [3.8, 4) is 0 Å². The lowest BCUT2D eigenvalue weighted by atomic mass is 10.0. The van der Waals surface area contributed by atoms with Crippen LogP contribution in [0.3, 0.4) is 0 Å². The van der Waals surface area contributed by atoms with Gasteiger partial charge >= 0.3 is 0 Å². The van der Waals surface area contributed by atoms with Gasteiger partial charge in [-0.2, -0.15) is 0 Å². The number of likely N-dealkylation sites (N-methyl/N-ethyl adjacent to an activating group) is 1. The number of hydrogen-bond acceptors (Lipinski definition) is 3. The summed E-state index contributed by atoms with van der Waals surface area (Å²) in [5.74, 6) is 0.0487. The van der Waals surface area contributed by atoms with Gasteiger partial charge in [-0.15, -0.1) is 0 Å². The summed E-state index contributed by atoms with van der Waals surface area (Å²) in [5.41, 5.74) is 1.07. The molecule has 1 saturated heterocycles. The van der Waals surface area contributed by atoms with Crippen molar-refractivity contribution in [3.05, 3.63) is 52.9 Å². The predicted molar refractivity (Wildman–Crippen MR) is 94.9 cm³/mol. The van der Waals surface area contributed by atoms with Crippen molar-refractivity contribution in [2.45, 2.75) is 13.8 Å². The van der Waals surface area contributed by atoms with E-state index in [1.807, 2.05) is 38.1 Å². The minimum Gasteiger partial charge on any atom is -0.287 e. The number of amides is 1. The second-order valence-electron chi connectivity index (χ2n) is 4.99. The third-order valence-corrected chi connectivity index (χ3v) is 4.65. The van der Waals surface area contributed by atoms with Gasteiger partial charge in [0.2, 0.25) is 0 Å². The average molecular weight is 310 g/mol. The highest BCUT2D eigenvalue weighted by Gasteiger charge is 2.31. The van der Waals surface area contributed by atoms with Crippen LogP contribution in [0.1, 0.15) is 19.4 Å². The fourth-order valence-corrected chi connectivity index (χ4v) is 3.65. The molecule has 0 bridgehead atoms. The number of benzene rings is 2. The lowest BCUT2D eigenvalue weighted by molar-refractivity contribution is -0.122. The summed E-state index contributed by atoms with van der Waals surface area (Å²) in [6.07, 6.45) is 1.98. The molecule has 0 spiro atoms. The van der Waals surface area contributed by atoms with E-state index >= 15 is 0 Å². The standard InChI is InChI=1S/C18H18N2OS/c1-3-19-18-20(4-2)17(21)16(22-18)12-14-10-7-9-13-8-5-6-11-15(13)14/h5-12H,3-4H2,1-2H3. The highest BCUT2D eigenvalue weighted by atomic mass is 32.2. The summed E-state index contributed by atoms with van der Waals surface area (Å²) in [6.45, 7) is 5.30. The number of rotatable bonds is 3. The minimum atomic E-state index is 0.0487. The van der Waals surface area contributed by atoms with E-state index in [-0.39, 0.29) is 5.91 Å². The maximum absolute atomic E-state index is 12.5. The molecule has 3 rings (SSSR count). The Balaban J connectivity index is 2.04. The van der Waals surface area contributed by atoms with Gasteiger partial charge in [0.05, 0.1) is 4.91 Å². The third-order valence-electron chi connectivity index (χ3n) is 3.61. The van der Waals surface area contributed by atoms with E-state index in [9.17, 15) is 4.79 Å². The second kappa shape index (κ2) is 6.36. The molecule has 0 aliphatic carbocycles. The summed E-state index contributed by atoms with van der Waals surface area (Å²) >= 11 is 1.47.